The van der Waals surface area contributed by atoms with E-state index in [4.69, 9.17) is 22.1 Å². The molecule has 0 fully saturated rings. The highest BCUT2D eigenvalue weighted by Gasteiger charge is 2.11. The number of nitrogens with one attached hydrogen (secondary N) is 1. The minimum atomic E-state index is -0.474. The summed E-state index contributed by atoms with van der Waals surface area (Å²) in [7, 11) is 0. The Labute approximate surface area is 199 Å². The summed E-state index contributed by atoms with van der Waals surface area (Å²) in [5, 5.41) is 4.01. The molecule has 0 unspecified atom stereocenters. The molecule has 0 radical (unpaired) electrons. The average molecular weight is 470 g/mol. The number of hydrogen-bond acceptors (Lipinski definition) is 6. The van der Waals surface area contributed by atoms with Gasteiger partial charge in [-0.25, -0.2) is 14.4 Å². The highest BCUT2D eigenvalue weighted by molar-refractivity contribution is 6.31. The van der Waals surface area contributed by atoms with Crippen LogP contribution in [-0.4, -0.2) is 47.7 Å². The van der Waals surface area contributed by atoms with Crippen LogP contribution in [0.1, 0.15) is 32.3 Å². The maximum Gasteiger partial charge on any atom is 0.141 e. The third kappa shape index (κ3) is 6.78. The molecule has 0 aliphatic carbocycles. The maximum absolute atomic E-state index is 13.5. The van der Waals surface area contributed by atoms with Gasteiger partial charge in [-0.05, 0) is 44.2 Å². The van der Waals surface area contributed by atoms with Crippen LogP contribution in [0.4, 0.5) is 15.9 Å². The first-order valence-corrected chi connectivity index (χ1v) is 11.5. The summed E-state index contributed by atoms with van der Waals surface area (Å²) in [6.07, 6.45) is 3.28. The van der Waals surface area contributed by atoms with E-state index in [1.807, 2.05) is 19.1 Å². The second-order valence-corrected chi connectivity index (χ2v) is 7.86. The number of ether oxygens (including phenoxy) is 1. The lowest BCUT2D eigenvalue weighted by atomic mass is 10.1. The monoisotopic (exact) mass is 469 g/mol. The van der Waals surface area contributed by atoms with Gasteiger partial charge in [0, 0.05) is 43.2 Å². The minimum absolute atomic E-state index is 0.0373. The fourth-order valence-electron chi connectivity index (χ4n) is 3.47. The number of hydrogen-bond donors (Lipinski definition) is 2. The maximum atomic E-state index is 13.5. The molecule has 0 atom stereocenters. The van der Waals surface area contributed by atoms with E-state index < -0.39 is 5.82 Å². The molecule has 3 N–H and O–H groups in total. The van der Waals surface area contributed by atoms with Crippen molar-refractivity contribution in [2.45, 2.75) is 26.7 Å². The molecule has 2 aromatic carbocycles. The molecule has 0 aliphatic rings. The van der Waals surface area contributed by atoms with Crippen LogP contribution in [-0.2, 0) is 0 Å². The molecule has 0 aliphatic heterocycles. The standard InChI is InChI=1S/C25H29ClFN5O/c1-3-11-32(13-10-28)12-6-5-7-18-14-20-23(16-24(18)33-4-2)29-17-30-25(20)31-19-8-9-22(27)21(26)15-19/h8-9,14-17H,3-4,6,10-13,28H2,1-2H3,(H,29,30,31). The van der Waals surface area contributed by atoms with Crippen LogP contribution in [0.5, 0.6) is 5.75 Å². The molecule has 0 saturated carbocycles. The molecule has 6 nitrogen and oxygen atoms in total. The first-order chi connectivity index (χ1) is 16.0. The third-order valence-corrected chi connectivity index (χ3v) is 5.27. The zero-order chi connectivity index (χ0) is 23.6. The van der Waals surface area contributed by atoms with Crippen molar-refractivity contribution in [1.82, 2.24) is 14.9 Å². The van der Waals surface area contributed by atoms with Crippen LogP contribution in [0.15, 0.2) is 36.7 Å². The third-order valence-electron chi connectivity index (χ3n) is 4.98. The summed E-state index contributed by atoms with van der Waals surface area (Å²) in [6, 6.07) is 8.22. The van der Waals surface area contributed by atoms with E-state index in [1.165, 1.54) is 18.5 Å². The predicted octanol–water partition coefficient (Wildman–Crippen LogP) is 4.98. The number of halogens is 2. The lowest BCUT2D eigenvalue weighted by Crippen LogP contribution is -2.31. The fourth-order valence-corrected chi connectivity index (χ4v) is 3.65. The van der Waals surface area contributed by atoms with Gasteiger partial charge in [0.15, 0.2) is 0 Å². The van der Waals surface area contributed by atoms with Crippen molar-refractivity contribution in [3.63, 3.8) is 0 Å². The van der Waals surface area contributed by atoms with Crippen LogP contribution in [0.25, 0.3) is 10.9 Å². The number of anilines is 2. The van der Waals surface area contributed by atoms with E-state index in [1.54, 1.807) is 6.07 Å². The van der Waals surface area contributed by atoms with E-state index >= 15 is 0 Å². The molecule has 3 aromatic rings. The quantitative estimate of drug-likeness (QED) is 0.408. The van der Waals surface area contributed by atoms with Gasteiger partial charge in [0.1, 0.15) is 23.7 Å². The van der Waals surface area contributed by atoms with Gasteiger partial charge in [0.05, 0.1) is 22.7 Å². The molecule has 174 valence electrons. The summed E-state index contributed by atoms with van der Waals surface area (Å²) in [5.41, 5.74) is 7.81. The number of nitrogens with zero attached hydrogens (tertiary/aromatic N) is 3. The predicted molar refractivity (Wildman–Crippen MR) is 133 cm³/mol. The van der Waals surface area contributed by atoms with E-state index in [0.29, 0.717) is 35.9 Å². The molecular weight excluding hydrogens is 441 g/mol. The summed E-state index contributed by atoms with van der Waals surface area (Å²) in [5.74, 6) is 7.29. The number of nitrogens with two attached hydrogens (primary N) is 1. The Morgan fingerprint density at radius 1 is 1.15 bits per heavy atom. The van der Waals surface area contributed by atoms with Gasteiger partial charge in [-0.3, -0.25) is 0 Å². The Hall–Kier alpha value is -2.92. The SMILES string of the molecule is CCCN(CCN)CCC#Cc1cc2c(Nc3ccc(F)c(Cl)c3)ncnc2cc1OCC. The highest BCUT2D eigenvalue weighted by Crippen LogP contribution is 2.30. The number of benzene rings is 2. The van der Waals surface area contributed by atoms with Gasteiger partial charge in [-0.15, -0.1) is 0 Å². The van der Waals surface area contributed by atoms with Crippen LogP contribution in [0, 0.1) is 17.7 Å². The van der Waals surface area contributed by atoms with Crippen molar-refractivity contribution >= 4 is 34.0 Å². The van der Waals surface area contributed by atoms with Gasteiger partial charge < -0.3 is 20.7 Å². The summed E-state index contributed by atoms with van der Waals surface area (Å²) >= 11 is 5.92. The van der Waals surface area contributed by atoms with Crippen molar-refractivity contribution in [3.05, 3.63) is 53.1 Å². The van der Waals surface area contributed by atoms with Crippen LogP contribution in [0.3, 0.4) is 0 Å². The fraction of sp³-hybridized carbons (Fsp3) is 0.360. The largest absolute Gasteiger partial charge is 0.492 e. The molecule has 0 spiro atoms. The van der Waals surface area contributed by atoms with Crippen LogP contribution in [0.2, 0.25) is 5.02 Å². The Morgan fingerprint density at radius 2 is 2.00 bits per heavy atom. The van der Waals surface area contributed by atoms with Crippen molar-refractivity contribution in [1.29, 1.82) is 0 Å². The number of aromatic nitrogens is 2. The van der Waals surface area contributed by atoms with Gasteiger partial charge in [0.25, 0.3) is 0 Å². The molecule has 1 aromatic heterocycles. The van der Waals surface area contributed by atoms with E-state index in [0.717, 1.165) is 43.4 Å². The Bertz CT molecular complexity index is 1140. The molecule has 8 heteroatoms. The Morgan fingerprint density at radius 3 is 2.73 bits per heavy atom. The first-order valence-electron chi connectivity index (χ1n) is 11.1. The number of fused-ring (bicyclic) bond motifs is 1. The molecule has 33 heavy (non-hydrogen) atoms. The molecule has 3 rings (SSSR count). The normalized spacial score (nSPS) is 10.8. The zero-order valence-corrected chi connectivity index (χ0v) is 19.8. The molecule has 1 heterocycles. The second kappa shape index (κ2) is 12.4. The average Bonchev–Trinajstić information content (AvgIpc) is 2.80. The zero-order valence-electron chi connectivity index (χ0n) is 19.0. The summed E-state index contributed by atoms with van der Waals surface area (Å²) in [6.45, 7) is 8.01. The van der Waals surface area contributed by atoms with Crippen molar-refractivity contribution < 1.29 is 9.13 Å². The van der Waals surface area contributed by atoms with Crippen LogP contribution >= 0.6 is 11.6 Å². The molecule has 0 saturated heterocycles. The van der Waals surface area contributed by atoms with Gasteiger partial charge >= 0.3 is 0 Å². The van der Waals surface area contributed by atoms with Gasteiger partial charge in [0.2, 0.25) is 0 Å². The highest BCUT2D eigenvalue weighted by atomic mass is 35.5. The van der Waals surface area contributed by atoms with Gasteiger partial charge in [-0.1, -0.05) is 30.4 Å². The topological polar surface area (TPSA) is 76.3 Å². The first kappa shape index (κ1) is 24.7. The number of rotatable bonds is 10. The van der Waals surface area contributed by atoms with E-state index in [-0.39, 0.29) is 5.02 Å². The summed E-state index contributed by atoms with van der Waals surface area (Å²) in [4.78, 5) is 11.1. The molecule has 0 bridgehead atoms. The summed E-state index contributed by atoms with van der Waals surface area (Å²) < 4.78 is 19.3. The van der Waals surface area contributed by atoms with E-state index in [9.17, 15) is 4.39 Å². The van der Waals surface area contributed by atoms with E-state index in [2.05, 4.69) is 38.9 Å². The van der Waals surface area contributed by atoms with Gasteiger partial charge in [-0.2, -0.15) is 0 Å². The molecule has 0 amide bonds. The second-order valence-electron chi connectivity index (χ2n) is 7.46. The van der Waals surface area contributed by atoms with Crippen molar-refractivity contribution in [2.24, 2.45) is 5.73 Å². The lowest BCUT2D eigenvalue weighted by Gasteiger charge is -2.19. The minimum Gasteiger partial charge on any atom is -0.492 e. The molecular formula is C25H29ClFN5O. The van der Waals surface area contributed by atoms with Crippen LogP contribution < -0.4 is 15.8 Å². The smallest absolute Gasteiger partial charge is 0.141 e. The Kier molecular flexibility index (Phi) is 9.25. The Balaban J connectivity index is 1.89. The van der Waals surface area contributed by atoms with Crippen molar-refractivity contribution in [3.8, 4) is 17.6 Å². The van der Waals surface area contributed by atoms with Crippen molar-refractivity contribution in [2.75, 3.05) is 38.1 Å². The lowest BCUT2D eigenvalue weighted by molar-refractivity contribution is 0.288.